The summed E-state index contributed by atoms with van der Waals surface area (Å²) in [7, 11) is 3.84. The molecule has 1 N–H and O–H groups in total. The Labute approximate surface area is 173 Å². The molecule has 2 fully saturated rings. The number of hydrogen-bond acceptors (Lipinski definition) is 4. The number of nitrogens with zero attached hydrogens (tertiary/aromatic N) is 4. The highest BCUT2D eigenvalue weighted by Gasteiger charge is 2.23. The average molecular weight is 477 g/mol. The molecule has 1 unspecified atom stereocenters. The molecule has 148 valence electrons. The van der Waals surface area contributed by atoms with E-state index < -0.39 is 0 Å². The van der Waals surface area contributed by atoms with E-state index in [1.807, 2.05) is 31.1 Å². The lowest BCUT2D eigenvalue weighted by Gasteiger charge is -2.35. The van der Waals surface area contributed by atoms with Gasteiger partial charge in [-0.2, -0.15) is 0 Å². The number of aliphatic imine (C=N–C) groups is 1. The zero-order valence-electron chi connectivity index (χ0n) is 15.9. The normalized spacial score (nSPS) is 22.2. The van der Waals surface area contributed by atoms with Gasteiger partial charge < -0.3 is 24.3 Å². The molecule has 3 rings (SSSR count). The van der Waals surface area contributed by atoms with Gasteiger partial charge in [0.2, 0.25) is 0 Å². The van der Waals surface area contributed by atoms with Crippen LogP contribution in [0, 0.1) is 0 Å². The number of nitrogens with one attached hydrogen (secondary N) is 1. The van der Waals surface area contributed by atoms with Gasteiger partial charge in [0, 0.05) is 46.2 Å². The number of hydrogen-bond donors (Lipinski definition) is 1. The van der Waals surface area contributed by atoms with Crippen molar-refractivity contribution in [2.24, 2.45) is 12.0 Å². The maximum absolute atomic E-state index is 6.09. The standard InChI is InChI=1S/C18H31N5O2.HI/c1-19-18(21-13-17-20-8-11-22(17)2)23-9-6-15(7-10-23)25-14-16-5-3-4-12-24-16;/h8,11,15-16H,3-7,9-10,12-14H2,1-2H3,(H,19,21);1H. The van der Waals surface area contributed by atoms with Crippen molar-refractivity contribution in [3.05, 3.63) is 18.2 Å². The van der Waals surface area contributed by atoms with Gasteiger partial charge in [-0.3, -0.25) is 4.99 Å². The highest BCUT2D eigenvalue weighted by atomic mass is 127. The number of piperidine rings is 1. The highest BCUT2D eigenvalue weighted by Crippen LogP contribution is 2.18. The SMILES string of the molecule is CN=C(NCc1nccn1C)N1CCC(OCC2CCCCO2)CC1.I. The molecule has 0 bridgehead atoms. The van der Waals surface area contributed by atoms with Gasteiger partial charge in [-0.25, -0.2) is 4.98 Å². The molecule has 2 saturated heterocycles. The van der Waals surface area contributed by atoms with Crippen LogP contribution in [0.2, 0.25) is 0 Å². The first kappa shape index (κ1) is 21.4. The first-order valence-electron chi connectivity index (χ1n) is 9.41. The van der Waals surface area contributed by atoms with Crippen molar-refractivity contribution in [3.8, 4) is 0 Å². The Morgan fingerprint density at radius 3 is 2.77 bits per heavy atom. The van der Waals surface area contributed by atoms with Crippen molar-refractivity contribution >= 4 is 29.9 Å². The van der Waals surface area contributed by atoms with E-state index in [-0.39, 0.29) is 24.0 Å². The van der Waals surface area contributed by atoms with Crippen molar-refractivity contribution in [1.29, 1.82) is 0 Å². The van der Waals surface area contributed by atoms with E-state index in [4.69, 9.17) is 9.47 Å². The Morgan fingerprint density at radius 2 is 2.15 bits per heavy atom. The Balaban J connectivity index is 0.00000243. The predicted molar refractivity (Wildman–Crippen MR) is 113 cm³/mol. The summed E-state index contributed by atoms with van der Waals surface area (Å²) in [5, 5.41) is 3.41. The van der Waals surface area contributed by atoms with Gasteiger partial charge in [0.15, 0.2) is 5.96 Å². The average Bonchev–Trinajstić information content (AvgIpc) is 3.07. The van der Waals surface area contributed by atoms with Crippen LogP contribution in [0.5, 0.6) is 0 Å². The number of likely N-dealkylation sites (tertiary alicyclic amines) is 1. The van der Waals surface area contributed by atoms with Crippen LogP contribution in [-0.4, -0.2) is 66.0 Å². The monoisotopic (exact) mass is 477 g/mol. The minimum Gasteiger partial charge on any atom is -0.376 e. The van der Waals surface area contributed by atoms with Crippen LogP contribution in [0.25, 0.3) is 0 Å². The molecule has 1 aromatic heterocycles. The number of rotatable bonds is 5. The van der Waals surface area contributed by atoms with E-state index in [2.05, 4.69) is 20.2 Å². The maximum atomic E-state index is 6.09. The van der Waals surface area contributed by atoms with Crippen LogP contribution in [-0.2, 0) is 23.1 Å². The lowest BCUT2D eigenvalue weighted by Crippen LogP contribution is -2.47. The minimum absolute atomic E-state index is 0. The fourth-order valence-corrected chi connectivity index (χ4v) is 3.47. The molecule has 3 heterocycles. The smallest absolute Gasteiger partial charge is 0.194 e. The van der Waals surface area contributed by atoms with E-state index in [0.29, 0.717) is 18.8 Å². The fourth-order valence-electron chi connectivity index (χ4n) is 3.47. The van der Waals surface area contributed by atoms with Crippen LogP contribution in [0.4, 0.5) is 0 Å². The number of guanidine groups is 1. The first-order chi connectivity index (χ1) is 12.3. The van der Waals surface area contributed by atoms with Crippen LogP contribution >= 0.6 is 24.0 Å². The zero-order valence-corrected chi connectivity index (χ0v) is 18.2. The third kappa shape index (κ3) is 6.09. The van der Waals surface area contributed by atoms with E-state index in [9.17, 15) is 0 Å². The Hall–Kier alpha value is -0.870. The second kappa shape index (κ2) is 11.1. The summed E-state index contributed by atoms with van der Waals surface area (Å²) in [6.07, 6.45) is 10.1. The fraction of sp³-hybridized carbons (Fsp3) is 0.778. The Kier molecular flexibility index (Phi) is 9.13. The topological polar surface area (TPSA) is 63.9 Å². The largest absolute Gasteiger partial charge is 0.376 e. The summed E-state index contributed by atoms with van der Waals surface area (Å²) in [4.78, 5) is 11.1. The molecule has 8 heteroatoms. The third-order valence-corrected chi connectivity index (χ3v) is 5.07. The molecule has 1 atom stereocenters. The van der Waals surface area contributed by atoms with Crippen molar-refractivity contribution in [2.45, 2.75) is 50.9 Å². The molecular weight excluding hydrogens is 445 g/mol. The molecule has 2 aliphatic rings. The summed E-state index contributed by atoms with van der Waals surface area (Å²) < 4.78 is 13.9. The molecular formula is C18H32IN5O2. The van der Waals surface area contributed by atoms with Gasteiger partial charge in [-0.1, -0.05) is 0 Å². The number of ether oxygens (including phenoxy) is 2. The van der Waals surface area contributed by atoms with Gasteiger partial charge in [-0.05, 0) is 32.1 Å². The highest BCUT2D eigenvalue weighted by molar-refractivity contribution is 14.0. The molecule has 0 spiro atoms. The van der Waals surface area contributed by atoms with Crippen LogP contribution in [0.3, 0.4) is 0 Å². The van der Waals surface area contributed by atoms with Crippen molar-refractivity contribution in [1.82, 2.24) is 19.8 Å². The molecule has 0 saturated carbocycles. The van der Waals surface area contributed by atoms with Crippen molar-refractivity contribution < 1.29 is 9.47 Å². The number of aromatic nitrogens is 2. The number of imidazole rings is 1. The van der Waals surface area contributed by atoms with E-state index >= 15 is 0 Å². The quantitative estimate of drug-likeness (QED) is 0.400. The van der Waals surface area contributed by atoms with Crippen molar-refractivity contribution in [3.63, 3.8) is 0 Å². The molecule has 0 aromatic carbocycles. The van der Waals surface area contributed by atoms with Gasteiger partial charge in [0.1, 0.15) is 5.82 Å². The number of halogens is 1. The minimum atomic E-state index is 0. The molecule has 26 heavy (non-hydrogen) atoms. The molecule has 1 aromatic rings. The summed E-state index contributed by atoms with van der Waals surface area (Å²) >= 11 is 0. The molecule has 2 aliphatic heterocycles. The Bertz CT molecular complexity index is 552. The van der Waals surface area contributed by atoms with Gasteiger partial charge in [-0.15, -0.1) is 24.0 Å². The van der Waals surface area contributed by atoms with Gasteiger partial charge in [0.05, 0.1) is 25.4 Å². The van der Waals surface area contributed by atoms with Gasteiger partial charge in [0.25, 0.3) is 0 Å². The maximum Gasteiger partial charge on any atom is 0.194 e. The van der Waals surface area contributed by atoms with Gasteiger partial charge >= 0.3 is 0 Å². The lowest BCUT2D eigenvalue weighted by atomic mass is 10.1. The summed E-state index contributed by atoms with van der Waals surface area (Å²) in [6.45, 7) is 4.26. The summed E-state index contributed by atoms with van der Waals surface area (Å²) in [6, 6.07) is 0. The van der Waals surface area contributed by atoms with Crippen molar-refractivity contribution in [2.75, 3.05) is 33.4 Å². The molecule has 0 radical (unpaired) electrons. The second-order valence-electron chi connectivity index (χ2n) is 6.86. The molecule has 0 amide bonds. The molecule has 7 nitrogen and oxygen atoms in total. The van der Waals surface area contributed by atoms with Crippen LogP contribution < -0.4 is 5.32 Å². The van der Waals surface area contributed by atoms with E-state index in [0.717, 1.165) is 57.3 Å². The Morgan fingerprint density at radius 1 is 1.35 bits per heavy atom. The molecule has 0 aliphatic carbocycles. The summed E-state index contributed by atoms with van der Waals surface area (Å²) in [5.41, 5.74) is 0. The van der Waals surface area contributed by atoms with E-state index in [1.54, 1.807) is 0 Å². The number of aryl methyl sites for hydroxylation is 1. The van der Waals surface area contributed by atoms with Crippen LogP contribution in [0.15, 0.2) is 17.4 Å². The first-order valence-corrected chi connectivity index (χ1v) is 9.41. The second-order valence-corrected chi connectivity index (χ2v) is 6.86. The summed E-state index contributed by atoms with van der Waals surface area (Å²) in [5.74, 6) is 1.95. The van der Waals surface area contributed by atoms with Crippen LogP contribution in [0.1, 0.15) is 37.9 Å². The third-order valence-electron chi connectivity index (χ3n) is 5.07. The predicted octanol–water partition coefficient (Wildman–Crippen LogP) is 2.16. The van der Waals surface area contributed by atoms with E-state index in [1.165, 1.54) is 12.8 Å². The zero-order chi connectivity index (χ0) is 17.5. The lowest BCUT2D eigenvalue weighted by molar-refractivity contribution is -0.0721.